The van der Waals surface area contributed by atoms with E-state index in [2.05, 4.69) is 18.9 Å². The molecule has 2 N–H and O–H groups in total. The Morgan fingerprint density at radius 1 is 1.00 bits per heavy atom. The number of likely N-dealkylation sites (N-methyl/N-ethyl adjacent to an activating group) is 1. The summed E-state index contributed by atoms with van der Waals surface area (Å²) in [6.07, 6.45) is 10.9. The summed E-state index contributed by atoms with van der Waals surface area (Å²) in [4.78, 5) is 2.59. The maximum atomic E-state index is 6.37. The van der Waals surface area contributed by atoms with Crippen molar-refractivity contribution in [3.63, 3.8) is 0 Å². The summed E-state index contributed by atoms with van der Waals surface area (Å²) < 4.78 is 0. The van der Waals surface area contributed by atoms with Gasteiger partial charge in [0.1, 0.15) is 0 Å². The maximum Gasteiger partial charge on any atom is 0.0247 e. The Bertz CT molecular complexity index is 213. The molecule has 94 valence electrons. The van der Waals surface area contributed by atoms with Gasteiger partial charge in [0, 0.05) is 18.1 Å². The molecule has 2 heteroatoms. The van der Waals surface area contributed by atoms with Gasteiger partial charge in [0.15, 0.2) is 0 Å². The van der Waals surface area contributed by atoms with Gasteiger partial charge in [-0.15, -0.1) is 0 Å². The largest absolute Gasteiger partial charge is 0.326 e. The van der Waals surface area contributed by atoms with Crippen LogP contribution in [-0.4, -0.2) is 30.1 Å². The molecule has 2 nitrogen and oxygen atoms in total. The summed E-state index contributed by atoms with van der Waals surface area (Å²) in [6.45, 7) is 2.39. The molecular formula is C14H28N2. The first-order chi connectivity index (χ1) is 7.70. The van der Waals surface area contributed by atoms with Crippen molar-refractivity contribution in [3.8, 4) is 0 Å². The SMILES string of the molecule is CC(C1CC1)N(C)C1CCCCCCC1N. The van der Waals surface area contributed by atoms with Crippen molar-refractivity contribution in [2.45, 2.75) is 76.4 Å². The number of rotatable bonds is 3. The lowest BCUT2D eigenvalue weighted by Gasteiger charge is -2.38. The fourth-order valence-corrected chi connectivity index (χ4v) is 3.21. The van der Waals surface area contributed by atoms with Gasteiger partial charge in [-0.25, -0.2) is 0 Å². The molecule has 2 aliphatic carbocycles. The highest BCUT2D eigenvalue weighted by Gasteiger charge is 2.34. The van der Waals surface area contributed by atoms with Crippen LogP contribution < -0.4 is 5.73 Å². The van der Waals surface area contributed by atoms with Crippen molar-refractivity contribution in [1.29, 1.82) is 0 Å². The lowest BCUT2D eigenvalue weighted by molar-refractivity contribution is 0.126. The Balaban J connectivity index is 1.92. The molecule has 0 heterocycles. The fourth-order valence-electron chi connectivity index (χ4n) is 3.21. The zero-order chi connectivity index (χ0) is 11.5. The molecule has 0 aromatic rings. The molecular weight excluding hydrogens is 196 g/mol. The number of hydrogen-bond acceptors (Lipinski definition) is 2. The zero-order valence-electron chi connectivity index (χ0n) is 11.0. The molecule has 0 bridgehead atoms. The van der Waals surface area contributed by atoms with Crippen molar-refractivity contribution in [2.75, 3.05) is 7.05 Å². The second-order valence-corrected chi connectivity index (χ2v) is 5.97. The van der Waals surface area contributed by atoms with E-state index in [9.17, 15) is 0 Å². The molecule has 0 aliphatic heterocycles. The number of nitrogens with zero attached hydrogens (tertiary/aromatic N) is 1. The summed E-state index contributed by atoms with van der Waals surface area (Å²) in [7, 11) is 2.30. The molecule has 0 aromatic carbocycles. The molecule has 2 rings (SSSR count). The molecule has 2 saturated carbocycles. The standard InChI is InChI=1S/C14H28N2/c1-11(12-9-10-12)16(2)14-8-6-4-3-5-7-13(14)15/h11-14H,3-10,15H2,1-2H3. The van der Waals surface area contributed by atoms with Crippen LogP contribution in [-0.2, 0) is 0 Å². The van der Waals surface area contributed by atoms with Gasteiger partial charge in [-0.1, -0.05) is 25.7 Å². The lowest BCUT2D eigenvalue weighted by Crippen LogP contribution is -2.50. The highest BCUT2D eigenvalue weighted by Crippen LogP contribution is 2.36. The van der Waals surface area contributed by atoms with E-state index in [0.29, 0.717) is 12.1 Å². The van der Waals surface area contributed by atoms with Gasteiger partial charge in [0.05, 0.1) is 0 Å². The molecule has 0 aromatic heterocycles. The normalized spacial score (nSPS) is 34.5. The van der Waals surface area contributed by atoms with Crippen LogP contribution in [0.3, 0.4) is 0 Å². The fraction of sp³-hybridized carbons (Fsp3) is 1.00. The highest BCUT2D eigenvalue weighted by molar-refractivity contribution is 4.90. The number of hydrogen-bond donors (Lipinski definition) is 1. The van der Waals surface area contributed by atoms with E-state index in [1.807, 2.05) is 0 Å². The monoisotopic (exact) mass is 224 g/mol. The highest BCUT2D eigenvalue weighted by atomic mass is 15.2. The zero-order valence-corrected chi connectivity index (χ0v) is 11.0. The van der Waals surface area contributed by atoms with Gasteiger partial charge in [0.2, 0.25) is 0 Å². The summed E-state index contributed by atoms with van der Waals surface area (Å²) in [5.74, 6) is 0.961. The molecule has 3 atom stereocenters. The van der Waals surface area contributed by atoms with Crippen LogP contribution >= 0.6 is 0 Å². The van der Waals surface area contributed by atoms with Gasteiger partial charge in [-0.3, -0.25) is 4.90 Å². The number of nitrogens with two attached hydrogens (primary N) is 1. The van der Waals surface area contributed by atoms with E-state index in [1.165, 1.54) is 51.4 Å². The van der Waals surface area contributed by atoms with Crippen LogP contribution in [0.5, 0.6) is 0 Å². The van der Waals surface area contributed by atoms with Crippen molar-refractivity contribution < 1.29 is 0 Å². The Morgan fingerprint density at radius 2 is 1.62 bits per heavy atom. The first-order valence-corrected chi connectivity index (χ1v) is 7.17. The van der Waals surface area contributed by atoms with Gasteiger partial charge in [-0.2, -0.15) is 0 Å². The minimum absolute atomic E-state index is 0.409. The van der Waals surface area contributed by atoms with Crippen molar-refractivity contribution in [3.05, 3.63) is 0 Å². The summed E-state index contributed by atoms with van der Waals surface area (Å²) >= 11 is 0. The minimum atomic E-state index is 0.409. The van der Waals surface area contributed by atoms with Crippen LogP contribution in [0.4, 0.5) is 0 Å². The van der Waals surface area contributed by atoms with Gasteiger partial charge >= 0.3 is 0 Å². The van der Waals surface area contributed by atoms with E-state index in [-0.39, 0.29) is 0 Å². The van der Waals surface area contributed by atoms with E-state index < -0.39 is 0 Å². The maximum absolute atomic E-state index is 6.37. The van der Waals surface area contributed by atoms with Crippen LogP contribution in [0.15, 0.2) is 0 Å². The summed E-state index contributed by atoms with van der Waals surface area (Å²) in [6, 6.07) is 1.79. The van der Waals surface area contributed by atoms with Gasteiger partial charge in [0.25, 0.3) is 0 Å². The predicted octanol–water partition coefficient (Wildman–Crippen LogP) is 2.77. The van der Waals surface area contributed by atoms with Crippen LogP contribution in [0.1, 0.15) is 58.3 Å². The lowest BCUT2D eigenvalue weighted by atomic mass is 9.91. The van der Waals surface area contributed by atoms with E-state index >= 15 is 0 Å². The third-order valence-electron chi connectivity index (χ3n) is 4.75. The molecule has 3 unspecified atom stereocenters. The smallest absolute Gasteiger partial charge is 0.0247 e. The van der Waals surface area contributed by atoms with Crippen LogP contribution in [0.2, 0.25) is 0 Å². The van der Waals surface area contributed by atoms with Crippen molar-refractivity contribution >= 4 is 0 Å². The molecule has 2 fully saturated rings. The van der Waals surface area contributed by atoms with Crippen LogP contribution in [0.25, 0.3) is 0 Å². The third-order valence-corrected chi connectivity index (χ3v) is 4.75. The first-order valence-electron chi connectivity index (χ1n) is 7.17. The molecule has 16 heavy (non-hydrogen) atoms. The second kappa shape index (κ2) is 5.50. The molecule has 0 amide bonds. The van der Waals surface area contributed by atoms with E-state index in [4.69, 9.17) is 5.73 Å². The summed E-state index contributed by atoms with van der Waals surface area (Å²) in [5, 5.41) is 0. The molecule has 2 aliphatic rings. The minimum Gasteiger partial charge on any atom is -0.326 e. The Labute approximate surface area is 101 Å². The van der Waals surface area contributed by atoms with Gasteiger partial charge < -0.3 is 5.73 Å². The van der Waals surface area contributed by atoms with E-state index in [0.717, 1.165) is 12.0 Å². The molecule has 0 spiro atoms. The molecule has 0 saturated heterocycles. The Morgan fingerprint density at radius 3 is 2.25 bits per heavy atom. The quantitative estimate of drug-likeness (QED) is 0.798. The Kier molecular flexibility index (Phi) is 4.26. The van der Waals surface area contributed by atoms with Crippen molar-refractivity contribution in [1.82, 2.24) is 4.90 Å². The second-order valence-electron chi connectivity index (χ2n) is 5.97. The first kappa shape index (κ1) is 12.4. The third kappa shape index (κ3) is 2.98. The van der Waals surface area contributed by atoms with E-state index in [1.54, 1.807) is 0 Å². The predicted molar refractivity (Wildman–Crippen MR) is 69.4 cm³/mol. The molecule has 0 radical (unpaired) electrons. The van der Waals surface area contributed by atoms with Crippen LogP contribution in [0, 0.1) is 5.92 Å². The van der Waals surface area contributed by atoms with Gasteiger partial charge in [-0.05, 0) is 45.6 Å². The summed E-state index contributed by atoms with van der Waals surface area (Å²) in [5.41, 5.74) is 6.37. The van der Waals surface area contributed by atoms with Crippen molar-refractivity contribution in [2.24, 2.45) is 11.7 Å². The average Bonchev–Trinajstić information content (AvgIpc) is 3.06. The topological polar surface area (TPSA) is 29.3 Å². The average molecular weight is 224 g/mol. The Hall–Kier alpha value is -0.0800.